The molecule has 0 bridgehead atoms. The lowest BCUT2D eigenvalue weighted by Crippen LogP contribution is -2.57. The van der Waals surface area contributed by atoms with Crippen molar-refractivity contribution < 1.29 is 63.0 Å². The lowest BCUT2D eigenvalue weighted by Gasteiger charge is -2.26. The average Bonchev–Trinajstić information content (AvgIpc) is 3.88. The molecule has 2 aliphatic rings. The van der Waals surface area contributed by atoms with Gasteiger partial charge in [-0.05, 0) is 64.2 Å². The number of primary amides is 1. The van der Waals surface area contributed by atoms with Crippen LogP contribution in [0.5, 0.6) is 0 Å². The summed E-state index contributed by atoms with van der Waals surface area (Å²) in [7, 11) is 0. The third kappa shape index (κ3) is 18.9. The number of carboxylic acids is 1. The topological polar surface area (TPSA) is 366 Å². The number of carboxylic acid groups (broad SMARTS) is 1. The predicted octanol–water partition coefficient (Wildman–Crippen LogP) is -5.05. The number of aliphatic hydroxyl groups is 1. The van der Waals surface area contributed by atoms with Crippen LogP contribution in [0.4, 0.5) is 0 Å². The zero-order valence-corrected chi connectivity index (χ0v) is 36.7. The van der Waals surface area contributed by atoms with Crippen molar-refractivity contribution in [2.45, 2.75) is 135 Å². The second kappa shape index (κ2) is 25.9. The highest BCUT2D eigenvalue weighted by Gasteiger charge is 2.36. The number of nitrogens with one attached hydrogen (secondary N) is 9. The van der Waals surface area contributed by atoms with Crippen LogP contribution in [0.3, 0.4) is 0 Å². The lowest BCUT2D eigenvalue weighted by atomic mass is 10.0. The maximum atomic E-state index is 13.4. The average molecular weight is 896 g/mol. The van der Waals surface area contributed by atoms with Crippen LogP contribution in [0.2, 0.25) is 0 Å². The van der Waals surface area contributed by atoms with Crippen LogP contribution in [-0.4, -0.2) is 161 Å². The first-order chi connectivity index (χ1) is 29.5. The Bertz CT molecular complexity index is 1690. The summed E-state index contributed by atoms with van der Waals surface area (Å²) in [4.78, 5) is 141. The van der Waals surface area contributed by atoms with Gasteiger partial charge in [0.25, 0.3) is 0 Å². The van der Waals surface area contributed by atoms with E-state index in [4.69, 9.17) is 10.8 Å². The second-order valence-corrected chi connectivity index (χ2v) is 16.6. The zero-order valence-electron chi connectivity index (χ0n) is 36.7. The molecule has 0 aromatic carbocycles. The molecule has 2 fully saturated rings. The van der Waals surface area contributed by atoms with Gasteiger partial charge < -0.3 is 68.7 Å². The van der Waals surface area contributed by atoms with E-state index in [1.807, 2.05) is 0 Å². The minimum Gasteiger partial charge on any atom is -0.480 e. The number of β-amino-alcohol motifs (C(OH)–C–C–N with tert-alkyl or cyclic N) is 1. The minimum absolute atomic E-state index is 0.0932. The highest BCUT2D eigenvalue weighted by atomic mass is 16.4. The molecule has 0 saturated carbocycles. The number of rotatable bonds is 25. The van der Waals surface area contributed by atoms with Gasteiger partial charge in [-0.2, -0.15) is 0 Å². The van der Waals surface area contributed by atoms with Crippen LogP contribution in [0.15, 0.2) is 0 Å². The summed E-state index contributed by atoms with van der Waals surface area (Å²) < 4.78 is 0. The number of hydrogen-bond donors (Lipinski definition) is 12. The summed E-state index contributed by atoms with van der Waals surface area (Å²) in [6.45, 7) is 8.56. The molecule has 0 radical (unpaired) electrons. The van der Waals surface area contributed by atoms with Crippen LogP contribution in [-0.2, 0) is 52.7 Å². The summed E-state index contributed by atoms with van der Waals surface area (Å²) in [5.74, 6) is -8.66. The highest BCUT2D eigenvalue weighted by molar-refractivity contribution is 5.97. The van der Waals surface area contributed by atoms with Crippen LogP contribution < -0.4 is 53.6 Å². The first-order valence-electron chi connectivity index (χ1n) is 21.0. The minimum atomic E-state index is -1.34. The Balaban J connectivity index is 1.98. The number of nitrogens with zero attached hydrogens (tertiary/aromatic N) is 1. The second-order valence-electron chi connectivity index (χ2n) is 16.6. The standard InChI is InChI=1S/C39H65N11O13/c1-19(2)12-26(49-36(59)24(9-10-29(40)52)47-30(53)16-42-34(57)25-14-23(51)15-41-25)35(58)43-17-31(54)48-27(13-20(3)4)37(60)45-21(5)33(56)44-18-32(55)50-11-7-8-28(50)38(61)46-22(6)39(62)63/h19-28,41,51H,7-18H2,1-6H3,(H2,40,52)(H,42,57)(H,43,58)(H,44,56)(H,45,60)(H,46,61)(H,47,53)(H,48,54)(H,49,59)(H,62,63)/t21-,22-,23-,24-,25+,26-,27-,28-/m0/s1. The smallest absolute Gasteiger partial charge is 0.325 e. The number of aliphatic hydroxyl groups excluding tert-OH is 1. The van der Waals surface area contributed by atoms with E-state index in [1.54, 1.807) is 27.7 Å². The van der Waals surface area contributed by atoms with E-state index < -0.39 is 133 Å². The molecule has 2 aliphatic heterocycles. The van der Waals surface area contributed by atoms with E-state index in [-0.39, 0.29) is 57.0 Å². The number of nitrogens with two attached hydrogens (primary N) is 1. The molecule has 354 valence electrons. The molecular weight excluding hydrogens is 830 g/mol. The molecule has 10 amide bonds. The van der Waals surface area contributed by atoms with Crippen molar-refractivity contribution in [2.24, 2.45) is 17.6 Å². The number of hydrogen-bond acceptors (Lipinski definition) is 13. The fourth-order valence-electron chi connectivity index (χ4n) is 6.73. The molecule has 0 spiro atoms. The van der Waals surface area contributed by atoms with Crippen LogP contribution in [0.1, 0.15) is 86.5 Å². The normalized spacial score (nSPS) is 19.4. The lowest BCUT2D eigenvalue weighted by molar-refractivity contribution is -0.143. The van der Waals surface area contributed by atoms with E-state index in [0.29, 0.717) is 12.8 Å². The largest absolute Gasteiger partial charge is 0.480 e. The number of carbonyl (C=O) groups is 11. The Morgan fingerprint density at radius 1 is 0.667 bits per heavy atom. The predicted molar refractivity (Wildman–Crippen MR) is 222 cm³/mol. The first kappa shape index (κ1) is 53.2. The number of aliphatic carboxylic acids is 1. The van der Waals surface area contributed by atoms with E-state index in [9.17, 15) is 57.8 Å². The van der Waals surface area contributed by atoms with Crippen molar-refractivity contribution >= 4 is 65.0 Å². The van der Waals surface area contributed by atoms with Crippen molar-refractivity contribution in [1.82, 2.24) is 52.8 Å². The van der Waals surface area contributed by atoms with Crippen molar-refractivity contribution in [3.8, 4) is 0 Å². The maximum Gasteiger partial charge on any atom is 0.325 e. The molecule has 63 heavy (non-hydrogen) atoms. The van der Waals surface area contributed by atoms with Gasteiger partial charge in [-0.3, -0.25) is 52.7 Å². The highest BCUT2D eigenvalue weighted by Crippen LogP contribution is 2.18. The van der Waals surface area contributed by atoms with Crippen molar-refractivity contribution in [2.75, 3.05) is 32.7 Å². The van der Waals surface area contributed by atoms with Gasteiger partial charge >= 0.3 is 5.97 Å². The van der Waals surface area contributed by atoms with Crippen molar-refractivity contribution in [3.05, 3.63) is 0 Å². The zero-order chi connectivity index (χ0) is 47.6. The molecule has 13 N–H and O–H groups in total. The molecule has 24 nitrogen and oxygen atoms in total. The van der Waals surface area contributed by atoms with Gasteiger partial charge in [0.1, 0.15) is 36.3 Å². The van der Waals surface area contributed by atoms with Crippen molar-refractivity contribution in [3.63, 3.8) is 0 Å². The molecule has 2 saturated heterocycles. The summed E-state index contributed by atoms with van der Waals surface area (Å²) in [5.41, 5.74) is 5.27. The van der Waals surface area contributed by atoms with Gasteiger partial charge in [0.2, 0.25) is 59.1 Å². The number of carbonyl (C=O) groups excluding carboxylic acids is 10. The molecular formula is C39H65N11O13. The van der Waals surface area contributed by atoms with E-state index in [0.717, 1.165) is 0 Å². The van der Waals surface area contributed by atoms with Gasteiger partial charge in [0, 0.05) is 19.5 Å². The Labute approximate surface area is 365 Å². The summed E-state index contributed by atoms with van der Waals surface area (Å²) in [6.07, 6.45) is -0.0623. The Morgan fingerprint density at radius 3 is 1.78 bits per heavy atom. The third-order valence-electron chi connectivity index (χ3n) is 10.1. The molecule has 2 rings (SSSR count). The van der Waals surface area contributed by atoms with Gasteiger partial charge in [-0.25, -0.2) is 0 Å². The maximum absolute atomic E-state index is 13.4. The fraction of sp³-hybridized carbons (Fsp3) is 0.718. The molecule has 2 heterocycles. The van der Waals surface area contributed by atoms with Gasteiger partial charge in [0.05, 0.1) is 31.8 Å². The molecule has 0 aromatic heterocycles. The SMILES string of the molecule is CC(C)C[C@H](NC(=O)CNC(=O)[C@H](CC(C)C)NC(=O)[C@H](CCC(N)=O)NC(=O)CNC(=O)[C@H]1C[C@H](O)CN1)C(=O)N[C@@H](C)C(=O)NCC(=O)N1CCC[C@H]1C(=O)N[C@@H](C)C(=O)O. The Hall–Kier alpha value is -5.91. The third-order valence-corrected chi connectivity index (χ3v) is 10.1. The van der Waals surface area contributed by atoms with Crippen LogP contribution >= 0.6 is 0 Å². The monoisotopic (exact) mass is 895 g/mol. The quantitative estimate of drug-likeness (QED) is 0.0408. The molecule has 8 atom stereocenters. The van der Waals surface area contributed by atoms with Crippen LogP contribution in [0.25, 0.3) is 0 Å². The summed E-state index contributed by atoms with van der Waals surface area (Å²) >= 11 is 0. The molecule has 0 unspecified atom stereocenters. The Kier molecular flexibility index (Phi) is 21.9. The summed E-state index contributed by atoms with van der Waals surface area (Å²) in [6, 6.07) is -7.67. The number of amides is 10. The van der Waals surface area contributed by atoms with Crippen molar-refractivity contribution in [1.29, 1.82) is 0 Å². The number of likely N-dealkylation sites (tertiary alicyclic amines) is 1. The van der Waals surface area contributed by atoms with Gasteiger partial charge in [0.15, 0.2) is 0 Å². The Morgan fingerprint density at radius 2 is 1.22 bits per heavy atom. The molecule has 0 aliphatic carbocycles. The van der Waals surface area contributed by atoms with E-state index >= 15 is 0 Å². The first-order valence-corrected chi connectivity index (χ1v) is 21.0. The van der Waals surface area contributed by atoms with Gasteiger partial charge in [-0.1, -0.05) is 27.7 Å². The molecule has 24 heteroatoms. The summed E-state index contributed by atoms with van der Waals surface area (Å²) in [5, 5.41) is 41.2. The van der Waals surface area contributed by atoms with E-state index in [2.05, 4.69) is 47.9 Å². The fourth-order valence-corrected chi connectivity index (χ4v) is 6.73. The van der Waals surface area contributed by atoms with Gasteiger partial charge in [-0.15, -0.1) is 0 Å². The molecule has 0 aromatic rings. The van der Waals surface area contributed by atoms with Crippen LogP contribution in [0, 0.1) is 11.8 Å². The van der Waals surface area contributed by atoms with E-state index in [1.165, 1.54) is 18.7 Å².